The van der Waals surface area contributed by atoms with Crippen molar-refractivity contribution >= 4 is 0 Å². The van der Waals surface area contributed by atoms with Gasteiger partial charge >= 0.3 is 0 Å². The van der Waals surface area contributed by atoms with E-state index in [9.17, 15) is 4.39 Å². The summed E-state index contributed by atoms with van der Waals surface area (Å²) in [5, 5.41) is 3.37. The minimum atomic E-state index is -0.949. The minimum Gasteiger partial charge on any atom is -0.311 e. The van der Waals surface area contributed by atoms with Gasteiger partial charge < -0.3 is 5.32 Å². The average molecular weight is 199 g/mol. The Bertz CT molecular complexity index is 183. The van der Waals surface area contributed by atoms with Gasteiger partial charge in [-0.2, -0.15) is 0 Å². The van der Waals surface area contributed by atoms with E-state index >= 15 is 0 Å². The Balaban J connectivity index is 1.98. The summed E-state index contributed by atoms with van der Waals surface area (Å²) in [6.45, 7) is 2.65. The van der Waals surface area contributed by atoms with E-state index in [4.69, 9.17) is 0 Å². The van der Waals surface area contributed by atoms with Crippen LogP contribution in [0.5, 0.6) is 0 Å². The van der Waals surface area contributed by atoms with E-state index in [0.29, 0.717) is 12.3 Å². The molecule has 1 N–H and O–H groups in total. The molecule has 1 saturated heterocycles. The zero-order chi connectivity index (χ0) is 10.0. The van der Waals surface area contributed by atoms with E-state index in [2.05, 4.69) is 5.32 Å². The smallest absolute Gasteiger partial charge is 0.124 e. The fourth-order valence-corrected chi connectivity index (χ4v) is 3.14. The predicted octanol–water partition coefficient (Wildman–Crippen LogP) is 3.05. The lowest BCUT2D eigenvalue weighted by molar-refractivity contribution is 0.123. The van der Waals surface area contributed by atoms with Crippen molar-refractivity contribution in [1.29, 1.82) is 0 Å². The van der Waals surface area contributed by atoms with Gasteiger partial charge in [0.25, 0.3) is 0 Å². The van der Waals surface area contributed by atoms with E-state index in [1.54, 1.807) is 6.92 Å². The molecule has 1 heterocycles. The standard InChI is InChI=1S/C12H22FN/c1-12(13)8-9-14-11(12)10-6-4-2-3-5-7-10/h10-11,14H,2-9H2,1H3. The minimum absolute atomic E-state index is 0.139. The van der Waals surface area contributed by atoms with Gasteiger partial charge in [0.2, 0.25) is 0 Å². The van der Waals surface area contributed by atoms with Gasteiger partial charge in [0.15, 0.2) is 0 Å². The fourth-order valence-electron chi connectivity index (χ4n) is 3.14. The molecule has 0 aromatic carbocycles. The Morgan fingerprint density at radius 2 is 1.79 bits per heavy atom. The first-order valence-corrected chi connectivity index (χ1v) is 6.12. The highest BCUT2D eigenvalue weighted by Crippen LogP contribution is 2.36. The van der Waals surface area contributed by atoms with E-state index in [-0.39, 0.29) is 6.04 Å². The van der Waals surface area contributed by atoms with Crippen molar-refractivity contribution < 1.29 is 4.39 Å². The van der Waals surface area contributed by atoms with Crippen molar-refractivity contribution in [3.05, 3.63) is 0 Å². The molecule has 2 unspecified atom stereocenters. The Labute approximate surface area is 86.5 Å². The van der Waals surface area contributed by atoms with Gasteiger partial charge in [-0.15, -0.1) is 0 Å². The van der Waals surface area contributed by atoms with Crippen LogP contribution >= 0.6 is 0 Å². The van der Waals surface area contributed by atoms with Crippen LogP contribution in [0.3, 0.4) is 0 Å². The van der Waals surface area contributed by atoms with Crippen LogP contribution in [0.4, 0.5) is 4.39 Å². The highest BCUT2D eigenvalue weighted by atomic mass is 19.1. The molecular weight excluding hydrogens is 177 g/mol. The maximum atomic E-state index is 14.1. The molecule has 14 heavy (non-hydrogen) atoms. The van der Waals surface area contributed by atoms with Crippen molar-refractivity contribution in [1.82, 2.24) is 5.32 Å². The Morgan fingerprint density at radius 3 is 2.29 bits per heavy atom. The lowest BCUT2D eigenvalue weighted by Crippen LogP contribution is -2.42. The lowest BCUT2D eigenvalue weighted by atomic mass is 9.84. The molecule has 0 bridgehead atoms. The van der Waals surface area contributed by atoms with Gasteiger partial charge in [0.05, 0.1) is 0 Å². The van der Waals surface area contributed by atoms with Gasteiger partial charge in [-0.25, -0.2) is 4.39 Å². The molecule has 0 spiro atoms. The number of rotatable bonds is 1. The largest absolute Gasteiger partial charge is 0.311 e. The SMILES string of the molecule is CC1(F)CCNC1C1CCCCCC1. The summed E-state index contributed by atoms with van der Waals surface area (Å²) in [5.74, 6) is 0.593. The summed E-state index contributed by atoms with van der Waals surface area (Å²) in [6.07, 6.45) is 8.48. The van der Waals surface area contributed by atoms with Crippen LogP contribution < -0.4 is 5.32 Å². The molecule has 1 nitrogen and oxygen atoms in total. The summed E-state index contributed by atoms with van der Waals surface area (Å²) in [7, 11) is 0. The van der Waals surface area contributed by atoms with Crippen LogP contribution in [-0.4, -0.2) is 18.3 Å². The summed E-state index contributed by atoms with van der Waals surface area (Å²) in [5.41, 5.74) is -0.949. The molecule has 2 rings (SSSR count). The van der Waals surface area contributed by atoms with Crippen LogP contribution in [0.15, 0.2) is 0 Å². The van der Waals surface area contributed by atoms with E-state index in [1.165, 1.54) is 38.5 Å². The van der Waals surface area contributed by atoms with Crippen molar-refractivity contribution in [2.45, 2.75) is 63.6 Å². The van der Waals surface area contributed by atoms with Crippen molar-refractivity contribution in [3.63, 3.8) is 0 Å². The second-order valence-corrected chi connectivity index (χ2v) is 5.21. The number of alkyl halides is 1. The second-order valence-electron chi connectivity index (χ2n) is 5.21. The number of nitrogens with one attached hydrogen (secondary N) is 1. The lowest BCUT2D eigenvalue weighted by Gasteiger charge is -2.30. The molecule has 1 saturated carbocycles. The first kappa shape index (κ1) is 10.4. The van der Waals surface area contributed by atoms with Crippen LogP contribution in [0.1, 0.15) is 51.9 Å². The molecule has 0 radical (unpaired) electrons. The highest BCUT2D eigenvalue weighted by Gasteiger charge is 2.42. The molecule has 2 heteroatoms. The molecule has 2 fully saturated rings. The van der Waals surface area contributed by atoms with Gasteiger partial charge in [0.1, 0.15) is 5.67 Å². The molecule has 2 aliphatic rings. The number of hydrogen-bond acceptors (Lipinski definition) is 1. The third kappa shape index (κ3) is 2.10. The van der Waals surface area contributed by atoms with Crippen molar-refractivity contribution in [2.75, 3.05) is 6.54 Å². The first-order chi connectivity index (χ1) is 6.70. The first-order valence-electron chi connectivity index (χ1n) is 6.12. The van der Waals surface area contributed by atoms with Crippen LogP contribution in [0.25, 0.3) is 0 Å². The molecular formula is C12H22FN. The third-order valence-electron chi connectivity index (χ3n) is 4.00. The van der Waals surface area contributed by atoms with E-state index in [0.717, 1.165) is 6.54 Å². The van der Waals surface area contributed by atoms with Gasteiger partial charge in [0, 0.05) is 6.04 Å². The molecule has 1 aliphatic carbocycles. The molecule has 2 atom stereocenters. The van der Waals surface area contributed by atoms with Crippen LogP contribution in [0, 0.1) is 5.92 Å². The Hall–Kier alpha value is -0.110. The van der Waals surface area contributed by atoms with Crippen molar-refractivity contribution in [3.8, 4) is 0 Å². The Kier molecular flexibility index (Phi) is 3.10. The molecule has 82 valence electrons. The summed E-state index contributed by atoms with van der Waals surface area (Å²) in [6, 6.07) is 0.139. The third-order valence-corrected chi connectivity index (χ3v) is 4.00. The normalized spacial score (nSPS) is 41.1. The van der Waals surface area contributed by atoms with Crippen molar-refractivity contribution in [2.24, 2.45) is 5.92 Å². The highest BCUT2D eigenvalue weighted by molar-refractivity contribution is 4.98. The van der Waals surface area contributed by atoms with E-state index in [1.807, 2.05) is 0 Å². The van der Waals surface area contributed by atoms with E-state index < -0.39 is 5.67 Å². The fraction of sp³-hybridized carbons (Fsp3) is 1.00. The van der Waals surface area contributed by atoms with Gasteiger partial charge in [-0.05, 0) is 38.6 Å². The van der Waals surface area contributed by atoms with Crippen LogP contribution in [-0.2, 0) is 0 Å². The predicted molar refractivity (Wildman–Crippen MR) is 57.1 cm³/mol. The molecule has 0 aromatic heterocycles. The van der Waals surface area contributed by atoms with Gasteiger partial charge in [-0.3, -0.25) is 0 Å². The summed E-state index contributed by atoms with van der Waals surface area (Å²) < 4.78 is 14.1. The zero-order valence-corrected chi connectivity index (χ0v) is 9.19. The van der Waals surface area contributed by atoms with Crippen LogP contribution in [0.2, 0.25) is 0 Å². The maximum Gasteiger partial charge on any atom is 0.124 e. The van der Waals surface area contributed by atoms with Gasteiger partial charge in [-0.1, -0.05) is 25.7 Å². The topological polar surface area (TPSA) is 12.0 Å². The molecule has 0 aromatic rings. The molecule has 0 amide bonds. The second kappa shape index (κ2) is 4.18. The monoisotopic (exact) mass is 199 g/mol. The number of hydrogen-bond donors (Lipinski definition) is 1. The zero-order valence-electron chi connectivity index (χ0n) is 9.19. The summed E-state index contributed by atoms with van der Waals surface area (Å²) >= 11 is 0. The number of halogens is 1. The maximum absolute atomic E-state index is 14.1. The quantitative estimate of drug-likeness (QED) is 0.640. The average Bonchev–Trinajstić information content (AvgIpc) is 2.41. The summed E-state index contributed by atoms with van der Waals surface area (Å²) in [4.78, 5) is 0. The Morgan fingerprint density at radius 1 is 1.14 bits per heavy atom. The molecule has 1 aliphatic heterocycles.